The van der Waals surface area contributed by atoms with Crippen molar-refractivity contribution in [2.24, 2.45) is 0 Å². The van der Waals surface area contributed by atoms with Crippen LogP contribution in [0.25, 0.3) is 75.1 Å². The second-order valence-electron chi connectivity index (χ2n) is 13.4. The molecule has 52 heavy (non-hydrogen) atoms. The van der Waals surface area contributed by atoms with E-state index in [1.165, 1.54) is 75.1 Å². The van der Waals surface area contributed by atoms with Gasteiger partial charge < -0.3 is 4.90 Å². The van der Waals surface area contributed by atoms with E-state index in [1.54, 1.807) is 0 Å². The number of fused-ring (bicyclic) bond motifs is 5. The number of nitrogens with zero attached hydrogens (tertiary/aromatic N) is 1. The lowest BCUT2D eigenvalue weighted by Gasteiger charge is -2.26. The van der Waals surface area contributed by atoms with E-state index in [9.17, 15) is 0 Å². The second-order valence-corrected chi connectivity index (χ2v) is 14.5. The molecule has 0 aliphatic rings. The molecule has 244 valence electrons. The average molecular weight is 680 g/mol. The van der Waals surface area contributed by atoms with Gasteiger partial charge in [0.15, 0.2) is 0 Å². The van der Waals surface area contributed by atoms with Crippen LogP contribution in [-0.4, -0.2) is 0 Å². The molecule has 2 heteroatoms. The Bertz CT molecular complexity index is 2880. The van der Waals surface area contributed by atoms with E-state index in [0.717, 1.165) is 17.1 Å². The van der Waals surface area contributed by atoms with E-state index in [-0.39, 0.29) is 0 Å². The third-order valence-corrected chi connectivity index (χ3v) is 11.4. The van der Waals surface area contributed by atoms with Gasteiger partial charge in [0.25, 0.3) is 0 Å². The van der Waals surface area contributed by atoms with Crippen molar-refractivity contribution in [1.29, 1.82) is 0 Å². The zero-order valence-corrected chi connectivity index (χ0v) is 29.2. The van der Waals surface area contributed by atoms with Crippen LogP contribution in [0.5, 0.6) is 0 Å². The molecule has 0 saturated carbocycles. The fourth-order valence-electron chi connectivity index (χ4n) is 7.62. The lowest BCUT2D eigenvalue weighted by molar-refractivity contribution is 1.28. The lowest BCUT2D eigenvalue weighted by Crippen LogP contribution is -2.10. The van der Waals surface area contributed by atoms with Gasteiger partial charge >= 0.3 is 0 Å². The number of rotatable bonds is 6. The first-order valence-corrected chi connectivity index (χ1v) is 18.6. The normalized spacial score (nSPS) is 11.5. The Balaban J connectivity index is 1.05. The van der Waals surface area contributed by atoms with Gasteiger partial charge in [0.2, 0.25) is 0 Å². The van der Waals surface area contributed by atoms with Gasteiger partial charge in [-0.15, -0.1) is 11.3 Å². The molecule has 0 bridgehead atoms. The number of hydrogen-bond donors (Lipinski definition) is 0. The van der Waals surface area contributed by atoms with Crippen LogP contribution in [-0.2, 0) is 0 Å². The maximum atomic E-state index is 2.37. The minimum atomic E-state index is 1.11. The molecule has 0 atom stereocenters. The van der Waals surface area contributed by atoms with Gasteiger partial charge in [0.05, 0.1) is 0 Å². The summed E-state index contributed by atoms with van der Waals surface area (Å²) >= 11 is 1.87. The summed E-state index contributed by atoms with van der Waals surface area (Å²) in [6, 6.07) is 72.9. The SMILES string of the molecule is c1ccc(-c2ccc(N(c3ccc(-c4ccc5cc6sc7ccccc7c6cc5c4)cc3)c3cccc(-c4cccc5ccccc45)c3)cc2)cc1. The smallest absolute Gasteiger partial charge is 0.0467 e. The summed E-state index contributed by atoms with van der Waals surface area (Å²) in [6.07, 6.45) is 0. The quantitative estimate of drug-likeness (QED) is 0.169. The Hall–Kier alpha value is -6.48. The standard InChI is InChI=1S/C50H33NS/c1-2-10-34(11-3-1)35-22-26-42(27-23-35)51(44-15-8-14-40(31-44)46-18-9-13-37-12-4-5-16-45(37)46)43-28-24-36(25-29-43)38-20-21-39-33-50-48(32-41(39)30-38)47-17-6-7-19-49(47)52-50/h1-33H. The monoisotopic (exact) mass is 679 g/mol. The molecular formula is C50H33NS. The minimum Gasteiger partial charge on any atom is -0.310 e. The van der Waals surface area contributed by atoms with Crippen LogP contribution < -0.4 is 4.90 Å². The molecule has 0 saturated heterocycles. The Morgan fingerprint density at radius 3 is 1.71 bits per heavy atom. The van der Waals surface area contributed by atoms with Crippen molar-refractivity contribution in [3.8, 4) is 33.4 Å². The summed E-state index contributed by atoms with van der Waals surface area (Å²) < 4.78 is 2.68. The third-order valence-electron chi connectivity index (χ3n) is 10.2. The van der Waals surface area contributed by atoms with Gasteiger partial charge in [-0.2, -0.15) is 0 Å². The molecule has 0 unspecified atom stereocenters. The highest BCUT2D eigenvalue weighted by atomic mass is 32.1. The van der Waals surface area contributed by atoms with Crippen molar-refractivity contribution >= 4 is 70.1 Å². The first-order valence-electron chi connectivity index (χ1n) is 17.7. The van der Waals surface area contributed by atoms with Crippen LogP contribution in [0.4, 0.5) is 17.1 Å². The molecule has 0 amide bonds. The van der Waals surface area contributed by atoms with Crippen LogP contribution in [0.15, 0.2) is 200 Å². The van der Waals surface area contributed by atoms with Crippen molar-refractivity contribution in [1.82, 2.24) is 0 Å². The van der Waals surface area contributed by atoms with Crippen LogP contribution >= 0.6 is 11.3 Å². The van der Waals surface area contributed by atoms with Crippen molar-refractivity contribution in [2.75, 3.05) is 4.90 Å². The van der Waals surface area contributed by atoms with Crippen molar-refractivity contribution in [3.63, 3.8) is 0 Å². The predicted octanol–water partition coefficient (Wildman–Crippen LogP) is 14.8. The molecule has 0 fully saturated rings. The lowest BCUT2D eigenvalue weighted by atomic mass is 9.97. The molecule has 0 spiro atoms. The predicted molar refractivity (Wildman–Crippen MR) is 225 cm³/mol. The van der Waals surface area contributed by atoms with Gasteiger partial charge in [-0.1, -0.05) is 140 Å². The molecule has 10 rings (SSSR count). The fourth-order valence-corrected chi connectivity index (χ4v) is 8.76. The minimum absolute atomic E-state index is 1.11. The summed E-state index contributed by atoms with van der Waals surface area (Å²) in [5.41, 5.74) is 10.6. The number of hydrogen-bond acceptors (Lipinski definition) is 2. The maximum Gasteiger partial charge on any atom is 0.0467 e. The number of anilines is 3. The molecule has 1 heterocycles. The molecule has 0 radical (unpaired) electrons. The third kappa shape index (κ3) is 5.42. The summed E-state index contributed by atoms with van der Waals surface area (Å²) in [4.78, 5) is 2.37. The average Bonchev–Trinajstić information content (AvgIpc) is 3.58. The van der Waals surface area contributed by atoms with E-state index in [4.69, 9.17) is 0 Å². The highest BCUT2D eigenvalue weighted by Gasteiger charge is 2.15. The van der Waals surface area contributed by atoms with Gasteiger partial charge in [0.1, 0.15) is 0 Å². The topological polar surface area (TPSA) is 3.24 Å². The van der Waals surface area contributed by atoms with Gasteiger partial charge in [-0.25, -0.2) is 0 Å². The highest BCUT2D eigenvalue weighted by Crippen LogP contribution is 2.41. The summed E-state index contributed by atoms with van der Waals surface area (Å²) in [5, 5.41) is 7.71. The van der Waals surface area contributed by atoms with Crippen LogP contribution in [0, 0.1) is 0 Å². The molecule has 0 aliphatic heterocycles. The largest absolute Gasteiger partial charge is 0.310 e. The molecule has 10 aromatic rings. The Kier molecular flexibility index (Phi) is 7.41. The highest BCUT2D eigenvalue weighted by molar-refractivity contribution is 7.25. The maximum absolute atomic E-state index is 2.37. The number of benzene rings is 9. The molecule has 9 aromatic carbocycles. The second kappa shape index (κ2) is 12.7. The molecule has 1 aromatic heterocycles. The van der Waals surface area contributed by atoms with Gasteiger partial charge in [-0.05, 0) is 116 Å². The molecule has 0 N–H and O–H groups in total. The van der Waals surface area contributed by atoms with E-state index >= 15 is 0 Å². The van der Waals surface area contributed by atoms with Crippen LogP contribution in [0.3, 0.4) is 0 Å². The van der Waals surface area contributed by atoms with E-state index in [1.807, 2.05) is 11.3 Å². The summed E-state index contributed by atoms with van der Waals surface area (Å²) in [5.74, 6) is 0. The van der Waals surface area contributed by atoms with Crippen molar-refractivity contribution in [2.45, 2.75) is 0 Å². The zero-order valence-electron chi connectivity index (χ0n) is 28.4. The first-order chi connectivity index (χ1) is 25.7. The number of thiophene rings is 1. The molecular weight excluding hydrogens is 647 g/mol. The van der Waals surface area contributed by atoms with E-state index in [2.05, 4.69) is 205 Å². The molecule has 0 aliphatic carbocycles. The van der Waals surface area contributed by atoms with Crippen molar-refractivity contribution in [3.05, 3.63) is 200 Å². The fraction of sp³-hybridized carbons (Fsp3) is 0. The van der Waals surface area contributed by atoms with E-state index in [0.29, 0.717) is 0 Å². The summed E-state index contributed by atoms with van der Waals surface area (Å²) in [6.45, 7) is 0. The molecule has 1 nitrogen and oxygen atoms in total. The van der Waals surface area contributed by atoms with Crippen LogP contribution in [0.1, 0.15) is 0 Å². The first kappa shape index (κ1) is 30.4. The van der Waals surface area contributed by atoms with E-state index < -0.39 is 0 Å². The zero-order chi connectivity index (χ0) is 34.4. The Morgan fingerprint density at radius 1 is 0.288 bits per heavy atom. The van der Waals surface area contributed by atoms with Crippen LogP contribution in [0.2, 0.25) is 0 Å². The Labute approximate surface area is 307 Å². The van der Waals surface area contributed by atoms with Gasteiger partial charge in [0, 0.05) is 37.2 Å². The van der Waals surface area contributed by atoms with Gasteiger partial charge in [-0.3, -0.25) is 0 Å². The summed E-state index contributed by atoms with van der Waals surface area (Å²) in [7, 11) is 0. The Morgan fingerprint density at radius 2 is 0.904 bits per heavy atom. The van der Waals surface area contributed by atoms with Crippen molar-refractivity contribution < 1.29 is 0 Å².